The lowest BCUT2D eigenvalue weighted by atomic mass is 10.2. The number of rotatable bonds is 4. The molecule has 0 bridgehead atoms. The highest BCUT2D eigenvalue weighted by Gasteiger charge is 2.04. The molecule has 18 heavy (non-hydrogen) atoms. The molecule has 0 saturated heterocycles. The number of hydrogen-bond donors (Lipinski definition) is 1. The van der Waals surface area contributed by atoms with Gasteiger partial charge in [-0.05, 0) is 19.1 Å². The van der Waals surface area contributed by atoms with Gasteiger partial charge in [0.15, 0.2) is 0 Å². The third-order valence-corrected chi connectivity index (χ3v) is 3.32. The molecule has 0 amide bonds. The second-order valence-corrected chi connectivity index (χ2v) is 4.52. The predicted molar refractivity (Wildman–Crippen MR) is 72.6 cm³/mol. The van der Waals surface area contributed by atoms with Crippen molar-refractivity contribution in [3.8, 4) is 0 Å². The Morgan fingerprint density at radius 2 is 2.28 bits per heavy atom. The smallest absolute Gasteiger partial charge is 0.127 e. The van der Waals surface area contributed by atoms with E-state index in [9.17, 15) is 0 Å². The molecular weight excluding hydrogens is 246 g/mol. The van der Waals surface area contributed by atoms with Crippen molar-refractivity contribution in [3.63, 3.8) is 0 Å². The van der Waals surface area contributed by atoms with E-state index >= 15 is 0 Å². The second kappa shape index (κ2) is 4.73. The lowest BCUT2D eigenvalue weighted by molar-refractivity contribution is 0.659. The first-order valence-corrected chi connectivity index (χ1v) is 6.56. The molecule has 0 aliphatic heterocycles. The summed E-state index contributed by atoms with van der Waals surface area (Å²) in [4.78, 5) is 0. The maximum absolute atomic E-state index is 4.30. The highest BCUT2D eigenvalue weighted by Crippen LogP contribution is 2.21. The van der Waals surface area contributed by atoms with Crippen LogP contribution in [0.3, 0.4) is 0 Å². The normalized spacial score (nSPS) is 10.9. The first kappa shape index (κ1) is 11.2. The van der Waals surface area contributed by atoms with Crippen LogP contribution in [0.5, 0.6) is 0 Å². The van der Waals surface area contributed by atoms with Crippen LogP contribution in [-0.2, 0) is 13.1 Å². The Morgan fingerprint density at radius 1 is 1.33 bits per heavy atom. The number of fused-ring (bicyclic) bond motifs is 1. The first-order valence-electron chi connectivity index (χ1n) is 5.83. The SMILES string of the molecule is CCn1cc(CNc2cccc3nsnc23)cn1. The average molecular weight is 259 g/mol. The quantitative estimate of drug-likeness (QED) is 0.782. The number of hydrogen-bond acceptors (Lipinski definition) is 5. The van der Waals surface area contributed by atoms with E-state index < -0.39 is 0 Å². The summed E-state index contributed by atoms with van der Waals surface area (Å²) in [6, 6.07) is 5.98. The molecule has 1 aromatic carbocycles. The van der Waals surface area contributed by atoms with Crippen molar-refractivity contribution in [1.29, 1.82) is 0 Å². The zero-order chi connectivity index (χ0) is 12.4. The van der Waals surface area contributed by atoms with Gasteiger partial charge in [-0.1, -0.05) is 6.07 Å². The van der Waals surface area contributed by atoms with E-state index in [4.69, 9.17) is 0 Å². The third kappa shape index (κ3) is 2.06. The van der Waals surface area contributed by atoms with Crippen molar-refractivity contribution in [2.75, 3.05) is 5.32 Å². The molecule has 0 aliphatic carbocycles. The van der Waals surface area contributed by atoms with E-state index in [0.29, 0.717) is 0 Å². The van der Waals surface area contributed by atoms with Gasteiger partial charge in [-0.25, -0.2) is 0 Å². The minimum atomic E-state index is 0.747. The van der Waals surface area contributed by atoms with Gasteiger partial charge in [0.2, 0.25) is 0 Å². The Balaban J connectivity index is 1.78. The van der Waals surface area contributed by atoms with Gasteiger partial charge in [0.05, 0.1) is 23.6 Å². The van der Waals surface area contributed by atoms with Gasteiger partial charge in [-0.15, -0.1) is 0 Å². The minimum absolute atomic E-state index is 0.747. The van der Waals surface area contributed by atoms with Gasteiger partial charge in [0.25, 0.3) is 0 Å². The lowest BCUT2D eigenvalue weighted by Gasteiger charge is -2.04. The van der Waals surface area contributed by atoms with Gasteiger partial charge in [-0.3, -0.25) is 4.68 Å². The molecule has 92 valence electrons. The van der Waals surface area contributed by atoms with Crippen molar-refractivity contribution in [1.82, 2.24) is 18.5 Å². The molecule has 0 aliphatic rings. The highest BCUT2D eigenvalue weighted by molar-refractivity contribution is 7.00. The molecule has 0 radical (unpaired) electrons. The monoisotopic (exact) mass is 259 g/mol. The number of nitrogens with zero attached hydrogens (tertiary/aromatic N) is 4. The molecule has 0 unspecified atom stereocenters. The summed E-state index contributed by atoms with van der Waals surface area (Å²) in [6.07, 6.45) is 3.93. The van der Waals surface area contributed by atoms with Crippen molar-refractivity contribution in [2.24, 2.45) is 0 Å². The highest BCUT2D eigenvalue weighted by atomic mass is 32.1. The summed E-state index contributed by atoms with van der Waals surface area (Å²) < 4.78 is 10.4. The fraction of sp³-hybridized carbons (Fsp3) is 0.250. The van der Waals surface area contributed by atoms with Crippen LogP contribution < -0.4 is 5.32 Å². The summed E-state index contributed by atoms with van der Waals surface area (Å²) in [5.41, 5.74) is 4.06. The molecule has 5 nitrogen and oxygen atoms in total. The number of aromatic nitrogens is 4. The van der Waals surface area contributed by atoms with E-state index in [1.165, 1.54) is 11.7 Å². The Morgan fingerprint density at radius 3 is 3.11 bits per heavy atom. The van der Waals surface area contributed by atoms with Gasteiger partial charge >= 0.3 is 0 Å². The Kier molecular flexibility index (Phi) is 2.93. The van der Waals surface area contributed by atoms with Crippen LogP contribution >= 0.6 is 11.7 Å². The van der Waals surface area contributed by atoms with Gasteiger partial charge < -0.3 is 5.32 Å². The molecule has 1 N–H and O–H groups in total. The summed E-state index contributed by atoms with van der Waals surface area (Å²) in [6.45, 7) is 3.72. The topological polar surface area (TPSA) is 55.6 Å². The Hall–Kier alpha value is -1.95. The Bertz CT molecular complexity index is 657. The number of anilines is 1. The lowest BCUT2D eigenvalue weighted by Crippen LogP contribution is -1.99. The molecule has 2 aromatic heterocycles. The first-order chi connectivity index (χ1) is 8.86. The van der Waals surface area contributed by atoms with Gasteiger partial charge in [0, 0.05) is 24.8 Å². The zero-order valence-electron chi connectivity index (χ0n) is 10.00. The molecule has 0 fully saturated rings. The van der Waals surface area contributed by atoms with E-state index in [2.05, 4.69) is 26.1 Å². The molecular formula is C12H13N5S. The molecule has 0 saturated carbocycles. The summed E-state index contributed by atoms with van der Waals surface area (Å²) >= 11 is 1.24. The van der Waals surface area contributed by atoms with Crippen molar-refractivity contribution >= 4 is 28.4 Å². The van der Waals surface area contributed by atoms with Crippen LogP contribution in [0.15, 0.2) is 30.6 Å². The fourth-order valence-corrected chi connectivity index (χ4v) is 2.37. The fourth-order valence-electron chi connectivity index (χ4n) is 1.82. The largest absolute Gasteiger partial charge is 0.379 e. The summed E-state index contributed by atoms with van der Waals surface area (Å²) in [5.74, 6) is 0. The van der Waals surface area contributed by atoms with E-state index in [0.717, 1.165) is 35.4 Å². The third-order valence-electron chi connectivity index (χ3n) is 2.78. The molecule has 0 spiro atoms. The zero-order valence-corrected chi connectivity index (χ0v) is 10.8. The molecule has 3 aromatic rings. The van der Waals surface area contributed by atoms with Crippen LogP contribution in [-0.4, -0.2) is 18.5 Å². The average Bonchev–Trinajstić information content (AvgIpc) is 3.05. The van der Waals surface area contributed by atoms with Crippen LogP contribution in [0.25, 0.3) is 11.0 Å². The van der Waals surface area contributed by atoms with Gasteiger partial charge in [-0.2, -0.15) is 13.8 Å². The molecule has 2 heterocycles. The van der Waals surface area contributed by atoms with Crippen molar-refractivity contribution in [2.45, 2.75) is 20.0 Å². The standard InChI is InChI=1S/C12H13N5S/c1-2-17-8-9(7-14-17)6-13-10-4-3-5-11-12(10)16-18-15-11/h3-5,7-8,13H,2,6H2,1H3. The Labute approximate surface area is 109 Å². The van der Waals surface area contributed by atoms with Crippen LogP contribution in [0.4, 0.5) is 5.69 Å². The van der Waals surface area contributed by atoms with Crippen molar-refractivity contribution in [3.05, 3.63) is 36.2 Å². The van der Waals surface area contributed by atoms with E-state index in [1.807, 2.05) is 35.3 Å². The predicted octanol–water partition coefficient (Wildman–Crippen LogP) is 2.52. The van der Waals surface area contributed by atoms with Crippen LogP contribution in [0.1, 0.15) is 12.5 Å². The van der Waals surface area contributed by atoms with Gasteiger partial charge in [0.1, 0.15) is 11.0 Å². The van der Waals surface area contributed by atoms with E-state index in [1.54, 1.807) is 0 Å². The molecule has 0 atom stereocenters. The number of aryl methyl sites for hydroxylation is 1. The number of benzene rings is 1. The van der Waals surface area contributed by atoms with Crippen LogP contribution in [0.2, 0.25) is 0 Å². The second-order valence-electron chi connectivity index (χ2n) is 4.00. The molecule has 6 heteroatoms. The minimum Gasteiger partial charge on any atom is -0.379 e. The number of nitrogens with one attached hydrogen (secondary N) is 1. The van der Waals surface area contributed by atoms with E-state index in [-0.39, 0.29) is 0 Å². The maximum Gasteiger partial charge on any atom is 0.127 e. The van der Waals surface area contributed by atoms with Crippen LogP contribution in [0, 0.1) is 0 Å². The molecule has 3 rings (SSSR count). The summed E-state index contributed by atoms with van der Waals surface area (Å²) in [7, 11) is 0. The summed E-state index contributed by atoms with van der Waals surface area (Å²) in [5, 5.41) is 7.63. The maximum atomic E-state index is 4.30. The van der Waals surface area contributed by atoms with Crippen molar-refractivity contribution < 1.29 is 0 Å².